The number of fused-ring (bicyclic) bond motifs is 2. The molecule has 2 fully saturated rings. The van der Waals surface area contributed by atoms with Crippen LogP contribution in [0.2, 0.25) is 0 Å². The molecule has 1 aliphatic carbocycles. The van der Waals surface area contributed by atoms with Crippen LogP contribution in [0.1, 0.15) is 50.7 Å². The fourth-order valence-corrected chi connectivity index (χ4v) is 6.91. The van der Waals surface area contributed by atoms with E-state index in [0.29, 0.717) is 12.2 Å². The summed E-state index contributed by atoms with van der Waals surface area (Å²) in [5, 5.41) is 5.11. The second-order valence-electron chi connectivity index (χ2n) is 12.5. The number of carbonyl (C=O) groups excluding carboxylic acids is 3. The molecule has 0 unspecified atom stereocenters. The minimum Gasteiger partial charge on any atom is -0.468 e. The maximum absolute atomic E-state index is 14.5. The molecule has 0 radical (unpaired) electrons. The van der Waals surface area contributed by atoms with Crippen molar-refractivity contribution < 1.29 is 23.9 Å². The van der Waals surface area contributed by atoms with Gasteiger partial charge in [-0.3, -0.25) is 14.4 Å². The first-order valence-corrected chi connectivity index (χ1v) is 15.4. The van der Waals surface area contributed by atoms with Gasteiger partial charge in [-0.2, -0.15) is 0 Å². The number of carbonyl (C=O) groups is 3. The number of methoxy groups -OCH3 is 1. The molecule has 3 aliphatic rings. The first-order valence-electron chi connectivity index (χ1n) is 15.4. The van der Waals surface area contributed by atoms with Crippen molar-refractivity contribution in [2.45, 2.75) is 64.8 Å². The monoisotopic (exact) mass is 580 g/mol. The number of esters is 1. The summed E-state index contributed by atoms with van der Waals surface area (Å²) in [5.41, 5.74) is 1.45. The topological polar surface area (TPSA) is 84.9 Å². The quantitative estimate of drug-likeness (QED) is 0.325. The maximum Gasteiger partial charge on any atom is 0.320 e. The van der Waals surface area contributed by atoms with Crippen molar-refractivity contribution in [1.82, 2.24) is 10.2 Å². The molecule has 3 aromatic rings. The summed E-state index contributed by atoms with van der Waals surface area (Å²) in [7, 11) is 1.40. The minimum atomic E-state index is -1.18. The molecule has 2 amide bonds. The summed E-state index contributed by atoms with van der Waals surface area (Å²) >= 11 is 0. The van der Waals surface area contributed by atoms with Crippen LogP contribution in [0.25, 0.3) is 10.8 Å². The number of hydrogen-bond acceptors (Lipinski definition) is 5. The lowest BCUT2D eigenvalue weighted by Crippen LogP contribution is -2.61. The number of hydrogen-bond donors (Lipinski definition) is 1. The molecular weight excluding hydrogens is 540 g/mol. The molecule has 2 aliphatic heterocycles. The second kappa shape index (κ2) is 12.0. The van der Waals surface area contributed by atoms with Gasteiger partial charge in [0.1, 0.15) is 5.41 Å². The van der Waals surface area contributed by atoms with E-state index in [4.69, 9.17) is 9.47 Å². The molecule has 1 saturated heterocycles. The Hall–Kier alpha value is -3.97. The molecule has 0 bridgehead atoms. The van der Waals surface area contributed by atoms with Crippen LogP contribution in [0.15, 0.2) is 84.6 Å². The molecule has 0 spiro atoms. The molecule has 2 heterocycles. The van der Waals surface area contributed by atoms with Crippen molar-refractivity contribution in [3.63, 3.8) is 0 Å². The van der Waals surface area contributed by atoms with Gasteiger partial charge in [0.05, 0.1) is 25.9 Å². The van der Waals surface area contributed by atoms with E-state index in [1.807, 2.05) is 60.7 Å². The Morgan fingerprint density at radius 3 is 2.47 bits per heavy atom. The third-order valence-electron chi connectivity index (χ3n) is 9.27. The average Bonchev–Trinajstić information content (AvgIpc) is 3.87. The predicted molar refractivity (Wildman–Crippen MR) is 164 cm³/mol. The Balaban J connectivity index is 1.41. The summed E-state index contributed by atoms with van der Waals surface area (Å²) in [6.07, 6.45) is 3.39. The lowest BCUT2D eigenvalue weighted by Gasteiger charge is -2.53. The minimum absolute atomic E-state index is 0.0191. The number of amides is 2. The summed E-state index contributed by atoms with van der Waals surface area (Å²) in [6, 6.07) is 23.9. The summed E-state index contributed by atoms with van der Waals surface area (Å²) in [5.74, 6) is -1.12. The standard InChI is InChI=1S/C36H40N2O5/c1-23(2)30-19-31-36(35(41)42-3,33(43-30)26-16-17-26)20-28(18-32(39)37-21-24-10-5-4-6-11-24)34(40)38(31)22-27-14-9-13-25-12-7-8-15-29(25)27/h4-15,19,23,26,28,30,33H,16-18,20-22H2,1-3H3,(H,37,39)/t28-,30+,33+,36+/m0/s1. The van der Waals surface area contributed by atoms with Crippen molar-refractivity contribution in [2.75, 3.05) is 7.11 Å². The van der Waals surface area contributed by atoms with E-state index < -0.39 is 23.4 Å². The summed E-state index contributed by atoms with van der Waals surface area (Å²) in [4.78, 5) is 43.6. The van der Waals surface area contributed by atoms with Crippen LogP contribution < -0.4 is 5.32 Å². The van der Waals surface area contributed by atoms with E-state index >= 15 is 0 Å². The number of likely N-dealkylation sites (tertiary alicyclic amines) is 1. The molecule has 4 atom stereocenters. The van der Waals surface area contributed by atoms with Gasteiger partial charge in [0.25, 0.3) is 0 Å². The molecule has 1 N–H and O–H groups in total. The van der Waals surface area contributed by atoms with Crippen LogP contribution in [-0.2, 0) is 36.9 Å². The van der Waals surface area contributed by atoms with Gasteiger partial charge in [0.2, 0.25) is 11.8 Å². The zero-order chi connectivity index (χ0) is 30.1. The smallest absolute Gasteiger partial charge is 0.320 e. The van der Waals surface area contributed by atoms with Crippen molar-refractivity contribution in [3.05, 3.63) is 95.7 Å². The van der Waals surface area contributed by atoms with E-state index in [-0.39, 0.29) is 49.1 Å². The molecule has 6 rings (SSSR count). The van der Waals surface area contributed by atoms with Crippen LogP contribution in [0.3, 0.4) is 0 Å². The lowest BCUT2D eigenvalue weighted by molar-refractivity contribution is -0.182. The van der Waals surface area contributed by atoms with Gasteiger partial charge in [-0.05, 0) is 59.1 Å². The van der Waals surface area contributed by atoms with E-state index in [0.717, 1.165) is 34.7 Å². The highest BCUT2D eigenvalue weighted by Crippen LogP contribution is 2.56. The lowest BCUT2D eigenvalue weighted by atomic mass is 9.64. The second-order valence-corrected chi connectivity index (χ2v) is 12.5. The SMILES string of the molecule is COC(=O)[C@]12C[C@H](CC(=O)NCc3ccccc3)C(=O)N(Cc3cccc4ccccc34)C1=C[C@H](C(C)C)O[C@@H]2C1CC1. The van der Waals surface area contributed by atoms with Crippen LogP contribution >= 0.6 is 0 Å². The maximum atomic E-state index is 14.5. The number of ether oxygens (including phenoxy) is 2. The number of piperidine rings is 1. The Morgan fingerprint density at radius 2 is 1.74 bits per heavy atom. The third kappa shape index (κ3) is 5.58. The van der Waals surface area contributed by atoms with Crippen molar-refractivity contribution in [1.29, 1.82) is 0 Å². The van der Waals surface area contributed by atoms with E-state index in [9.17, 15) is 14.4 Å². The Morgan fingerprint density at radius 1 is 1.02 bits per heavy atom. The highest BCUT2D eigenvalue weighted by atomic mass is 16.5. The van der Waals surface area contributed by atoms with Crippen LogP contribution in [0, 0.1) is 23.2 Å². The Bertz CT molecular complexity index is 1540. The van der Waals surface area contributed by atoms with Gasteiger partial charge < -0.3 is 19.7 Å². The van der Waals surface area contributed by atoms with E-state index in [2.05, 4.69) is 37.4 Å². The number of benzene rings is 3. The van der Waals surface area contributed by atoms with Gasteiger partial charge in [0.15, 0.2) is 0 Å². The zero-order valence-electron chi connectivity index (χ0n) is 25.1. The van der Waals surface area contributed by atoms with Gasteiger partial charge >= 0.3 is 5.97 Å². The normalized spacial score (nSPS) is 25.3. The van der Waals surface area contributed by atoms with Crippen LogP contribution in [0.5, 0.6) is 0 Å². The molecule has 43 heavy (non-hydrogen) atoms. The molecular formula is C36H40N2O5. The fourth-order valence-electron chi connectivity index (χ4n) is 6.91. The van der Waals surface area contributed by atoms with Crippen molar-refractivity contribution >= 4 is 28.6 Å². The molecule has 1 saturated carbocycles. The Labute approximate surface area is 253 Å². The number of nitrogens with one attached hydrogen (secondary N) is 1. The summed E-state index contributed by atoms with van der Waals surface area (Å²) in [6.45, 7) is 4.85. The highest BCUT2D eigenvalue weighted by Gasteiger charge is 2.63. The van der Waals surface area contributed by atoms with Crippen molar-refractivity contribution in [3.8, 4) is 0 Å². The molecule has 7 nitrogen and oxygen atoms in total. The van der Waals surface area contributed by atoms with Crippen molar-refractivity contribution in [2.24, 2.45) is 23.2 Å². The first kappa shape index (κ1) is 29.1. The van der Waals surface area contributed by atoms with Crippen LogP contribution in [-0.4, -0.2) is 42.0 Å². The zero-order valence-corrected chi connectivity index (χ0v) is 25.1. The van der Waals surface area contributed by atoms with Gasteiger partial charge in [-0.15, -0.1) is 0 Å². The largest absolute Gasteiger partial charge is 0.468 e. The molecule has 3 aromatic carbocycles. The molecule has 7 heteroatoms. The Kier molecular flexibility index (Phi) is 8.10. The van der Waals surface area contributed by atoms with E-state index in [1.54, 1.807) is 4.90 Å². The highest BCUT2D eigenvalue weighted by molar-refractivity contribution is 5.93. The average molecular weight is 581 g/mol. The van der Waals surface area contributed by atoms with Gasteiger partial charge in [-0.1, -0.05) is 86.6 Å². The third-order valence-corrected chi connectivity index (χ3v) is 9.27. The first-order chi connectivity index (χ1) is 20.8. The summed E-state index contributed by atoms with van der Waals surface area (Å²) < 4.78 is 12.2. The number of rotatable bonds is 9. The number of nitrogens with zero attached hydrogens (tertiary/aromatic N) is 1. The van der Waals surface area contributed by atoms with Gasteiger partial charge in [-0.25, -0.2) is 0 Å². The predicted octanol–water partition coefficient (Wildman–Crippen LogP) is 5.77. The molecule has 224 valence electrons. The molecule has 0 aromatic heterocycles. The van der Waals surface area contributed by atoms with Gasteiger partial charge in [0, 0.05) is 24.6 Å². The fraction of sp³-hybridized carbons (Fsp3) is 0.417. The van der Waals surface area contributed by atoms with Crippen LogP contribution in [0.4, 0.5) is 0 Å². The van der Waals surface area contributed by atoms with E-state index in [1.165, 1.54) is 7.11 Å².